The summed E-state index contributed by atoms with van der Waals surface area (Å²) in [6.07, 6.45) is 4.22. The highest BCUT2D eigenvalue weighted by Crippen LogP contribution is 2.31. The van der Waals surface area contributed by atoms with E-state index in [-0.39, 0.29) is 0 Å². The van der Waals surface area contributed by atoms with Crippen molar-refractivity contribution in [2.45, 2.75) is 32.7 Å². The maximum atomic E-state index is 5.64. The molecule has 0 bridgehead atoms. The molecular weight excluding hydrogens is 268 g/mol. The number of nitrogen functional groups attached to an aromatic ring is 1. The fourth-order valence-corrected chi connectivity index (χ4v) is 2.63. The van der Waals surface area contributed by atoms with Crippen LogP contribution in [0.4, 0.5) is 11.8 Å². The van der Waals surface area contributed by atoms with Crippen molar-refractivity contribution < 1.29 is 0 Å². The van der Waals surface area contributed by atoms with Crippen LogP contribution in [0.5, 0.6) is 0 Å². The molecular formula is C11H17BrN4. The highest BCUT2D eigenvalue weighted by Gasteiger charge is 2.27. The lowest BCUT2D eigenvalue weighted by molar-refractivity contribution is 0.361. The van der Waals surface area contributed by atoms with Gasteiger partial charge in [-0.25, -0.2) is 4.98 Å². The zero-order valence-electron chi connectivity index (χ0n) is 9.65. The van der Waals surface area contributed by atoms with Gasteiger partial charge in [-0.15, -0.1) is 0 Å². The van der Waals surface area contributed by atoms with Crippen molar-refractivity contribution in [2.24, 2.45) is 5.92 Å². The topological polar surface area (TPSA) is 55.0 Å². The van der Waals surface area contributed by atoms with Crippen molar-refractivity contribution in [3.63, 3.8) is 0 Å². The largest absolute Gasteiger partial charge is 0.368 e. The van der Waals surface area contributed by atoms with Gasteiger partial charge < -0.3 is 10.6 Å². The van der Waals surface area contributed by atoms with Crippen molar-refractivity contribution in [2.75, 3.05) is 17.2 Å². The highest BCUT2D eigenvalue weighted by atomic mass is 79.9. The molecule has 1 aliphatic heterocycles. The van der Waals surface area contributed by atoms with Crippen molar-refractivity contribution >= 4 is 27.7 Å². The average Bonchev–Trinajstić information content (AvgIpc) is 2.26. The van der Waals surface area contributed by atoms with Gasteiger partial charge in [0.2, 0.25) is 5.95 Å². The van der Waals surface area contributed by atoms with Crippen molar-refractivity contribution in [1.82, 2.24) is 9.97 Å². The Kier molecular flexibility index (Phi) is 3.33. The molecule has 1 aromatic rings. The summed E-state index contributed by atoms with van der Waals surface area (Å²) in [6, 6.07) is 0.499. The number of piperidine rings is 1. The molecule has 88 valence electrons. The van der Waals surface area contributed by atoms with E-state index in [1.807, 2.05) is 0 Å². The van der Waals surface area contributed by atoms with Gasteiger partial charge in [-0.2, -0.15) is 4.98 Å². The van der Waals surface area contributed by atoms with Gasteiger partial charge in [-0.3, -0.25) is 0 Å². The molecule has 2 unspecified atom stereocenters. The van der Waals surface area contributed by atoms with Crippen molar-refractivity contribution in [1.29, 1.82) is 0 Å². The van der Waals surface area contributed by atoms with E-state index >= 15 is 0 Å². The Labute approximate surface area is 104 Å². The van der Waals surface area contributed by atoms with E-state index in [9.17, 15) is 0 Å². The number of rotatable bonds is 1. The zero-order valence-corrected chi connectivity index (χ0v) is 11.2. The summed E-state index contributed by atoms with van der Waals surface area (Å²) in [5, 5.41) is 0. The van der Waals surface area contributed by atoms with Gasteiger partial charge >= 0.3 is 0 Å². The third kappa shape index (κ3) is 2.14. The summed E-state index contributed by atoms with van der Waals surface area (Å²) in [5.41, 5.74) is 5.64. The SMILES string of the molecule is CC1CCCN(c2nc(N)ncc2Br)C1C. The van der Waals surface area contributed by atoms with E-state index in [1.54, 1.807) is 6.20 Å². The molecule has 0 amide bonds. The van der Waals surface area contributed by atoms with Gasteiger partial charge in [0.05, 0.1) is 4.47 Å². The number of hydrogen-bond acceptors (Lipinski definition) is 4. The lowest BCUT2D eigenvalue weighted by Gasteiger charge is -2.39. The number of halogens is 1. The number of nitrogens with zero attached hydrogens (tertiary/aromatic N) is 3. The van der Waals surface area contributed by atoms with Crippen LogP contribution in [0, 0.1) is 5.92 Å². The predicted molar refractivity (Wildman–Crippen MR) is 69.4 cm³/mol. The molecule has 2 atom stereocenters. The molecule has 0 saturated carbocycles. The first-order valence-corrected chi connectivity index (χ1v) is 6.43. The second-order valence-electron chi connectivity index (χ2n) is 4.45. The fourth-order valence-electron chi connectivity index (χ4n) is 2.21. The first-order chi connectivity index (χ1) is 7.59. The molecule has 0 aliphatic carbocycles. The van der Waals surface area contributed by atoms with Crippen LogP contribution in [0.2, 0.25) is 0 Å². The van der Waals surface area contributed by atoms with Gasteiger partial charge in [0, 0.05) is 18.8 Å². The average molecular weight is 285 g/mol. The standard InChI is InChI=1S/C11H17BrN4/c1-7-4-3-5-16(8(7)2)10-9(12)6-14-11(13)15-10/h6-8H,3-5H2,1-2H3,(H2,13,14,15). The molecule has 2 heterocycles. The van der Waals surface area contributed by atoms with E-state index in [0.29, 0.717) is 17.9 Å². The van der Waals surface area contributed by atoms with Crippen LogP contribution >= 0.6 is 15.9 Å². The van der Waals surface area contributed by atoms with Crippen LogP contribution in [0.15, 0.2) is 10.7 Å². The molecule has 16 heavy (non-hydrogen) atoms. The second-order valence-corrected chi connectivity index (χ2v) is 5.31. The summed E-state index contributed by atoms with van der Waals surface area (Å²) < 4.78 is 0.919. The highest BCUT2D eigenvalue weighted by molar-refractivity contribution is 9.10. The van der Waals surface area contributed by atoms with Gasteiger partial charge in [-0.05, 0) is 41.6 Å². The lowest BCUT2D eigenvalue weighted by Crippen LogP contribution is -2.43. The minimum Gasteiger partial charge on any atom is -0.368 e. The molecule has 2 N–H and O–H groups in total. The molecule has 0 spiro atoms. The van der Waals surface area contributed by atoms with E-state index in [4.69, 9.17) is 5.73 Å². The quantitative estimate of drug-likeness (QED) is 0.861. The summed E-state index contributed by atoms with van der Waals surface area (Å²) in [5.74, 6) is 1.95. The van der Waals surface area contributed by atoms with E-state index in [2.05, 4.69) is 44.6 Å². The molecule has 4 nitrogen and oxygen atoms in total. The Hall–Kier alpha value is -0.840. The summed E-state index contributed by atoms with van der Waals surface area (Å²) in [4.78, 5) is 10.6. The summed E-state index contributed by atoms with van der Waals surface area (Å²) in [7, 11) is 0. The summed E-state index contributed by atoms with van der Waals surface area (Å²) >= 11 is 3.49. The molecule has 0 aromatic carbocycles. The van der Waals surface area contributed by atoms with Crippen LogP contribution in [0.1, 0.15) is 26.7 Å². The third-order valence-corrected chi connectivity index (χ3v) is 3.95. The molecule has 1 fully saturated rings. The Morgan fingerprint density at radius 1 is 1.50 bits per heavy atom. The Morgan fingerprint density at radius 3 is 3.00 bits per heavy atom. The molecule has 5 heteroatoms. The minimum absolute atomic E-state index is 0.337. The van der Waals surface area contributed by atoms with Crippen LogP contribution in [-0.2, 0) is 0 Å². The van der Waals surface area contributed by atoms with E-state index in [1.165, 1.54) is 12.8 Å². The number of aromatic nitrogens is 2. The number of nitrogens with two attached hydrogens (primary N) is 1. The number of anilines is 2. The Bertz CT molecular complexity index is 382. The molecule has 0 radical (unpaired) electrons. The maximum absolute atomic E-state index is 5.64. The van der Waals surface area contributed by atoms with Crippen molar-refractivity contribution in [3.8, 4) is 0 Å². The van der Waals surface area contributed by atoms with Crippen molar-refractivity contribution in [3.05, 3.63) is 10.7 Å². The van der Waals surface area contributed by atoms with Gasteiger partial charge in [-0.1, -0.05) is 6.92 Å². The normalized spacial score (nSPS) is 25.8. The smallest absolute Gasteiger partial charge is 0.222 e. The van der Waals surface area contributed by atoms with Gasteiger partial charge in [0.25, 0.3) is 0 Å². The monoisotopic (exact) mass is 284 g/mol. The molecule has 1 aliphatic rings. The maximum Gasteiger partial charge on any atom is 0.222 e. The number of hydrogen-bond donors (Lipinski definition) is 1. The van der Waals surface area contributed by atoms with Crippen LogP contribution in [0.25, 0.3) is 0 Å². The van der Waals surface area contributed by atoms with E-state index < -0.39 is 0 Å². The van der Waals surface area contributed by atoms with Gasteiger partial charge in [0.15, 0.2) is 0 Å². The molecule has 2 rings (SSSR count). The Balaban J connectivity index is 2.31. The molecule has 1 saturated heterocycles. The Morgan fingerprint density at radius 2 is 2.25 bits per heavy atom. The first kappa shape index (κ1) is 11.6. The minimum atomic E-state index is 0.337. The second kappa shape index (κ2) is 4.57. The molecule has 1 aromatic heterocycles. The predicted octanol–water partition coefficient (Wildman–Crippen LogP) is 2.45. The van der Waals surface area contributed by atoms with Crippen LogP contribution < -0.4 is 10.6 Å². The lowest BCUT2D eigenvalue weighted by atomic mass is 9.92. The third-order valence-electron chi connectivity index (χ3n) is 3.39. The zero-order chi connectivity index (χ0) is 11.7. The van der Waals surface area contributed by atoms with E-state index in [0.717, 1.165) is 16.8 Å². The van der Waals surface area contributed by atoms with Crippen LogP contribution in [0.3, 0.4) is 0 Å². The van der Waals surface area contributed by atoms with Crippen LogP contribution in [-0.4, -0.2) is 22.6 Å². The first-order valence-electron chi connectivity index (χ1n) is 5.64. The van der Waals surface area contributed by atoms with Gasteiger partial charge in [0.1, 0.15) is 5.82 Å². The summed E-state index contributed by atoms with van der Waals surface area (Å²) in [6.45, 7) is 5.57. The fraction of sp³-hybridized carbons (Fsp3) is 0.636.